The topological polar surface area (TPSA) is 44.2 Å². The quantitative estimate of drug-likeness (QED) is 0.244. The van der Waals surface area contributed by atoms with Crippen LogP contribution in [-0.2, 0) is 6.11 Å². The first kappa shape index (κ1) is 26.1. The van der Waals surface area contributed by atoms with E-state index in [1.54, 1.807) is 6.92 Å². The smallest absolute Gasteiger partial charge is 0.431 e. The third-order valence-electron chi connectivity index (χ3n) is 6.13. The van der Waals surface area contributed by atoms with Gasteiger partial charge in [-0.25, -0.2) is 23.1 Å². The normalized spacial score (nSPS) is 18.8. The van der Waals surface area contributed by atoms with Crippen molar-refractivity contribution in [3.05, 3.63) is 47.3 Å². The Morgan fingerprint density at radius 3 is 2.29 bits per heavy atom. The number of hydrogen-bond donors (Lipinski definition) is 0. The van der Waals surface area contributed by atoms with Crippen molar-refractivity contribution in [2.45, 2.75) is 76.7 Å². The first-order valence-corrected chi connectivity index (χ1v) is 11.5. The minimum atomic E-state index is -4.19. The van der Waals surface area contributed by atoms with Crippen LogP contribution in [0.1, 0.15) is 75.3 Å². The van der Waals surface area contributed by atoms with Crippen LogP contribution in [0.5, 0.6) is 11.8 Å². The summed E-state index contributed by atoms with van der Waals surface area (Å²) in [6, 6.07) is 0.951. The third-order valence-corrected chi connectivity index (χ3v) is 6.13. The first-order valence-electron chi connectivity index (χ1n) is 11.5. The highest BCUT2D eigenvalue weighted by Gasteiger charge is 2.40. The molecule has 188 valence electrons. The van der Waals surface area contributed by atoms with Gasteiger partial charge in [-0.3, -0.25) is 0 Å². The van der Waals surface area contributed by atoms with E-state index < -0.39 is 41.5 Å². The van der Waals surface area contributed by atoms with Gasteiger partial charge < -0.3 is 9.47 Å². The summed E-state index contributed by atoms with van der Waals surface area (Å²) < 4.78 is 90.9. The minimum absolute atomic E-state index is 0.0474. The Bertz CT molecular complexity index is 918. The maximum absolute atomic E-state index is 14.5. The maximum atomic E-state index is 14.5. The lowest BCUT2D eigenvalue weighted by Gasteiger charge is -2.28. The standard InChI is InChI=1S/C24H28F6N2O2/c1-2-33-19-12-11-18(21(27)22(19)28)24(29,30)34-23-31-13-17(14-32-23)16-9-7-15(8-10-16)5-3-4-6-20(25)26/h11-16,20H,2-10H2,1H3. The summed E-state index contributed by atoms with van der Waals surface area (Å²) >= 11 is 0. The molecule has 10 heteroatoms. The summed E-state index contributed by atoms with van der Waals surface area (Å²) in [5.41, 5.74) is -0.502. The lowest BCUT2D eigenvalue weighted by molar-refractivity contribution is -0.192. The van der Waals surface area contributed by atoms with Crippen molar-refractivity contribution in [3.8, 4) is 11.8 Å². The van der Waals surface area contributed by atoms with Gasteiger partial charge >= 0.3 is 12.1 Å². The number of ether oxygens (including phenoxy) is 2. The van der Waals surface area contributed by atoms with Gasteiger partial charge in [0.2, 0.25) is 12.2 Å². The van der Waals surface area contributed by atoms with Gasteiger partial charge in [0.25, 0.3) is 0 Å². The number of aromatic nitrogens is 2. The highest BCUT2D eigenvalue weighted by atomic mass is 19.3. The Kier molecular flexibility index (Phi) is 9.02. The van der Waals surface area contributed by atoms with Gasteiger partial charge in [0.15, 0.2) is 11.6 Å². The van der Waals surface area contributed by atoms with E-state index in [0.29, 0.717) is 18.4 Å². The molecular formula is C24H28F6N2O2. The summed E-state index contributed by atoms with van der Waals surface area (Å²) in [6.45, 7) is 1.60. The molecule has 0 radical (unpaired) electrons. The van der Waals surface area contributed by atoms with E-state index in [4.69, 9.17) is 4.74 Å². The van der Waals surface area contributed by atoms with Crippen molar-refractivity contribution in [2.75, 3.05) is 6.61 Å². The predicted octanol–water partition coefficient (Wildman–Crippen LogP) is 7.38. The van der Waals surface area contributed by atoms with E-state index in [9.17, 15) is 26.3 Å². The number of hydrogen-bond acceptors (Lipinski definition) is 4. The molecule has 1 aliphatic carbocycles. The predicted molar refractivity (Wildman–Crippen MR) is 113 cm³/mol. The summed E-state index contributed by atoms with van der Waals surface area (Å²) in [5.74, 6) is -3.09. The Labute approximate surface area is 194 Å². The van der Waals surface area contributed by atoms with Crippen LogP contribution in [0.3, 0.4) is 0 Å². The number of unbranched alkanes of at least 4 members (excludes halogenated alkanes) is 1. The Morgan fingerprint density at radius 1 is 1.00 bits per heavy atom. The lowest BCUT2D eigenvalue weighted by atomic mass is 9.77. The zero-order chi connectivity index (χ0) is 24.7. The van der Waals surface area contributed by atoms with Crippen LogP contribution in [0.2, 0.25) is 0 Å². The molecule has 0 unspecified atom stereocenters. The fraction of sp³-hybridized carbons (Fsp3) is 0.583. The largest absolute Gasteiger partial charge is 0.491 e. The van der Waals surface area contributed by atoms with Crippen molar-refractivity contribution >= 4 is 0 Å². The molecule has 1 saturated carbocycles. The number of alkyl halides is 4. The van der Waals surface area contributed by atoms with Crippen LogP contribution in [0.25, 0.3) is 0 Å². The molecule has 1 fully saturated rings. The Balaban J connectivity index is 1.55. The van der Waals surface area contributed by atoms with Gasteiger partial charge in [0, 0.05) is 18.8 Å². The van der Waals surface area contributed by atoms with E-state index in [2.05, 4.69) is 14.7 Å². The third kappa shape index (κ3) is 6.76. The molecule has 0 atom stereocenters. The van der Waals surface area contributed by atoms with Crippen molar-refractivity contribution in [2.24, 2.45) is 5.92 Å². The van der Waals surface area contributed by atoms with Crippen molar-refractivity contribution in [1.29, 1.82) is 0 Å². The molecule has 0 saturated heterocycles. The Morgan fingerprint density at radius 2 is 1.68 bits per heavy atom. The second kappa shape index (κ2) is 11.8. The molecule has 0 amide bonds. The monoisotopic (exact) mass is 490 g/mol. The van der Waals surface area contributed by atoms with E-state index in [1.165, 1.54) is 12.4 Å². The fourth-order valence-electron chi connectivity index (χ4n) is 4.30. The van der Waals surface area contributed by atoms with Gasteiger partial charge in [-0.05, 0) is 68.6 Å². The lowest BCUT2D eigenvalue weighted by Crippen LogP contribution is -2.25. The van der Waals surface area contributed by atoms with Crippen molar-refractivity contribution < 1.29 is 35.8 Å². The molecule has 3 rings (SSSR count). The van der Waals surface area contributed by atoms with Crippen LogP contribution in [0.4, 0.5) is 26.3 Å². The zero-order valence-electron chi connectivity index (χ0n) is 18.9. The molecule has 0 aliphatic heterocycles. The second-order valence-electron chi connectivity index (χ2n) is 8.48. The molecular weight excluding hydrogens is 462 g/mol. The SMILES string of the molecule is CCOc1ccc(C(F)(F)Oc2ncc(C3CCC(CCCCC(F)F)CC3)cn2)c(F)c1F. The summed E-state index contributed by atoms with van der Waals surface area (Å²) in [5, 5.41) is 0. The van der Waals surface area contributed by atoms with E-state index in [0.717, 1.165) is 50.2 Å². The average molecular weight is 490 g/mol. The highest BCUT2D eigenvalue weighted by Crippen LogP contribution is 2.38. The zero-order valence-corrected chi connectivity index (χ0v) is 18.9. The highest BCUT2D eigenvalue weighted by molar-refractivity contribution is 5.33. The van der Waals surface area contributed by atoms with E-state index in [-0.39, 0.29) is 18.9 Å². The van der Waals surface area contributed by atoms with E-state index >= 15 is 0 Å². The summed E-state index contributed by atoms with van der Waals surface area (Å²) in [7, 11) is 0. The average Bonchev–Trinajstić information content (AvgIpc) is 2.80. The minimum Gasteiger partial charge on any atom is -0.491 e. The molecule has 1 aliphatic rings. The van der Waals surface area contributed by atoms with Gasteiger partial charge in [-0.1, -0.05) is 12.8 Å². The molecule has 34 heavy (non-hydrogen) atoms. The van der Waals surface area contributed by atoms with E-state index in [1.807, 2.05) is 0 Å². The van der Waals surface area contributed by atoms with Crippen LogP contribution in [0.15, 0.2) is 24.5 Å². The maximum Gasteiger partial charge on any atom is 0.431 e. The number of rotatable bonds is 11. The first-order chi connectivity index (χ1) is 16.2. The van der Waals surface area contributed by atoms with Crippen molar-refractivity contribution in [1.82, 2.24) is 9.97 Å². The fourth-order valence-corrected chi connectivity index (χ4v) is 4.30. The molecule has 1 heterocycles. The molecule has 0 bridgehead atoms. The number of nitrogens with zero attached hydrogens (tertiary/aromatic N) is 2. The van der Waals surface area contributed by atoms with Gasteiger partial charge in [0.1, 0.15) is 5.56 Å². The molecule has 1 aromatic carbocycles. The van der Waals surface area contributed by atoms with Gasteiger partial charge in [-0.15, -0.1) is 0 Å². The summed E-state index contributed by atoms with van der Waals surface area (Å²) in [6.07, 6.45) is 2.22. The Hall–Kier alpha value is -2.52. The molecule has 4 nitrogen and oxygen atoms in total. The molecule has 1 aromatic heterocycles. The van der Waals surface area contributed by atoms with Gasteiger partial charge in [-0.2, -0.15) is 13.2 Å². The molecule has 0 N–H and O–H groups in total. The summed E-state index contributed by atoms with van der Waals surface area (Å²) in [4.78, 5) is 7.67. The van der Waals surface area contributed by atoms with Crippen LogP contribution in [-0.4, -0.2) is 23.0 Å². The van der Waals surface area contributed by atoms with Crippen LogP contribution < -0.4 is 9.47 Å². The molecule has 2 aromatic rings. The number of halogens is 6. The van der Waals surface area contributed by atoms with Crippen molar-refractivity contribution in [3.63, 3.8) is 0 Å². The molecule has 0 spiro atoms. The van der Waals surface area contributed by atoms with Gasteiger partial charge in [0.05, 0.1) is 6.61 Å². The van der Waals surface area contributed by atoms with Crippen LogP contribution in [0, 0.1) is 17.6 Å². The second-order valence-corrected chi connectivity index (χ2v) is 8.48. The van der Waals surface area contributed by atoms with Crippen LogP contribution >= 0.6 is 0 Å². The number of benzene rings is 1.